The van der Waals surface area contributed by atoms with E-state index in [-0.39, 0.29) is 23.9 Å². The molecule has 0 spiro atoms. The molecule has 2 aromatic rings. The van der Waals surface area contributed by atoms with Crippen molar-refractivity contribution in [2.24, 2.45) is 0 Å². The Hall–Kier alpha value is -2.34. The van der Waals surface area contributed by atoms with Crippen LogP contribution >= 0.6 is 11.6 Å². The van der Waals surface area contributed by atoms with Crippen molar-refractivity contribution in [1.82, 2.24) is 20.4 Å². The second-order valence-corrected chi connectivity index (χ2v) is 7.17. The molecule has 0 aliphatic carbocycles. The minimum Gasteiger partial charge on any atom is -0.350 e. The average Bonchev–Trinajstić information content (AvgIpc) is 2.95. The van der Waals surface area contributed by atoms with Gasteiger partial charge in [-0.3, -0.25) is 9.59 Å². The van der Waals surface area contributed by atoms with E-state index in [1.807, 2.05) is 39.8 Å². The van der Waals surface area contributed by atoms with Crippen LogP contribution in [0.1, 0.15) is 43.7 Å². The lowest BCUT2D eigenvalue weighted by Crippen LogP contribution is -2.45. The molecule has 1 aromatic heterocycles. The molecule has 0 saturated carbocycles. The van der Waals surface area contributed by atoms with Crippen LogP contribution in [0.3, 0.4) is 0 Å². The van der Waals surface area contributed by atoms with Gasteiger partial charge in [-0.25, -0.2) is 4.68 Å². The normalized spacial score (nSPS) is 11.2. The third-order valence-corrected chi connectivity index (χ3v) is 3.66. The van der Waals surface area contributed by atoms with Crippen molar-refractivity contribution in [3.63, 3.8) is 0 Å². The molecule has 0 unspecified atom stereocenters. The van der Waals surface area contributed by atoms with Gasteiger partial charge >= 0.3 is 0 Å². The maximum absolute atomic E-state index is 12.4. The first-order valence-corrected chi connectivity index (χ1v) is 8.51. The SMILES string of the molecule is CCc1c(C(=O)NCC(=O)NC(C)(C)C)cnn1-c1cccc(Cl)c1. The molecule has 2 N–H and O–H groups in total. The summed E-state index contributed by atoms with van der Waals surface area (Å²) in [5.41, 5.74) is 1.66. The lowest BCUT2D eigenvalue weighted by atomic mass is 10.1. The first kappa shape index (κ1) is 19.0. The minimum absolute atomic E-state index is 0.0817. The van der Waals surface area contributed by atoms with E-state index in [1.54, 1.807) is 16.8 Å². The molecule has 2 amide bonds. The molecule has 7 heteroatoms. The van der Waals surface area contributed by atoms with Gasteiger partial charge in [-0.15, -0.1) is 0 Å². The summed E-state index contributed by atoms with van der Waals surface area (Å²) in [6.07, 6.45) is 2.13. The number of rotatable bonds is 5. The van der Waals surface area contributed by atoms with Gasteiger partial charge in [0.2, 0.25) is 5.91 Å². The summed E-state index contributed by atoms with van der Waals surface area (Å²) in [5, 5.41) is 10.3. The number of hydrogen-bond donors (Lipinski definition) is 2. The Kier molecular flexibility index (Phi) is 5.85. The lowest BCUT2D eigenvalue weighted by Gasteiger charge is -2.20. The topological polar surface area (TPSA) is 76.0 Å². The van der Waals surface area contributed by atoms with Crippen molar-refractivity contribution >= 4 is 23.4 Å². The summed E-state index contributed by atoms with van der Waals surface area (Å²) in [7, 11) is 0. The van der Waals surface area contributed by atoms with E-state index in [0.29, 0.717) is 17.0 Å². The lowest BCUT2D eigenvalue weighted by molar-refractivity contribution is -0.121. The van der Waals surface area contributed by atoms with Gasteiger partial charge in [-0.2, -0.15) is 5.10 Å². The number of amides is 2. The Balaban J connectivity index is 2.14. The number of halogens is 1. The van der Waals surface area contributed by atoms with Gasteiger partial charge in [-0.05, 0) is 45.4 Å². The maximum Gasteiger partial charge on any atom is 0.255 e. The summed E-state index contributed by atoms with van der Waals surface area (Å²) in [6, 6.07) is 7.26. The van der Waals surface area contributed by atoms with Crippen molar-refractivity contribution in [1.29, 1.82) is 0 Å². The fourth-order valence-electron chi connectivity index (χ4n) is 2.45. The Morgan fingerprint density at radius 1 is 1.28 bits per heavy atom. The minimum atomic E-state index is -0.339. The van der Waals surface area contributed by atoms with Crippen molar-refractivity contribution in [2.45, 2.75) is 39.7 Å². The van der Waals surface area contributed by atoms with Gasteiger partial charge in [0.25, 0.3) is 5.91 Å². The Morgan fingerprint density at radius 3 is 2.60 bits per heavy atom. The molecule has 2 rings (SSSR count). The fourth-order valence-corrected chi connectivity index (χ4v) is 2.64. The van der Waals surface area contributed by atoms with Crippen molar-refractivity contribution < 1.29 is 9.59 Å². The monoisotopic (exact) mass is 362 g/mol. The molecule has 0 aliphatic rings. The number of nitrogens with zero attached hydrogens (tertiary/aromatic N) is 2. The Bertz CT molecular complexity index is 778. The number of aromatic nitrogens is 2. The molecule has 25 heavy (non-hydrogen) atoms. The van der Waals surface area contributed by atoms with Crippen LogP contribution in [0.2, 0.25) is 5.02 Å². The molecule has 0 radical (unpaired) electrons. The summed E-state index contributed by atoms with van der Waals surface area (Å²) in [4.78, 5) is 24.3. The largest absolute Gasteiger partial charge is 0.350 e. The van der Waals surface area contributed by atoms with Gasteiger partial charge < -0.3 is 10.6 Å². The standard InChI is InChI=1S/C18H23ClN4O2/c1-5-15-14(17(25)20-11-16(24)22-18(2,3)4)10-21-23(15)13-8-6-7-12(19)9-13/h6-10H,5,11H2,1-4H3,(H,20,25)(H,22,24). The van der Waals surface area contributed by atoms with Crippen LogP contribution in [-0.2, 0) is 11.2 Å². The Labute approximate surface area is 152 Å². The molecule has 0 bridgehead atoms. The zero-order chi connectivity index (χ0) is 18.6. The van der Waals surface area contributed by atoms with Gasteiger partial charge in [0.15, 0.2) is 0 Å². The molecule has 0 fully saturated rings. The fraction of sp³-hybridized carbons (Fsp3) is 0.389. The zero-order valence-electron chi connectivity index (χ0n) is 14.9. The van der Waals surface area contributed by atoms with E-state index < -0.39 is 0 Å². The summed E-state index contributed by atoms with van der Waals surface area (Å²) < 4.78 is 1.69. The van der Waals surface area contributed by atoms with Crippen molar-refractivity contribution in [3.05, 3.63) is 46.7 Å². The number of benzene rings is 1. The van der Waals surface area contributed by atoms with Crippen molar-refractivity contribution in [3.8, 4) is 5.69 Å². The highest BCUT2D eigenvalue weighted by Crippen LogP contribution is 2.19. The highest BCUT2D eigenvalue weighted by atomic mass is 35.5. The molecule has 6 nitrogen and oxygen atoms in total. The van der Waals surface area contributed by atoms with Gasteiger partial charge in [-0.1, -0.05) is 24.6 Å². The van der Waals surface area contributed by atoms with Crippen LogP contribution in [0.25, 0.3) is 5.69 Å². The van der Waals surface area contributed by atoms with Crippen LogP contribution in [0.5, 0.6) is 0 Å². The first-order chi connectivity index (χ1) is 11.7. The van der Waals surface area contributed by atoms with Gasteiger partial charge in [0.1, 0.15) is 0 Å². The van der Waals surface area contributed by atoms with E-state index in [9.17, 15) is 9.59 Å². The number of nitrogens with one attached hydrogen (secondary N) is 2. The van der Waals surface area contributed by atoms with Gasteiger partial charge in [0, 0.05) is 10.6 Å². The third-order valence-electron chi connectivity index (χ3n) is 3.43. The zero-order valence-corrected chi connectivity index (χ0v) is 15.6. The highest BCUT2D eigenvalue weighted by molar-refractivity contribution is 6.30. The quantitative estimate of drug-likeness (QED) is 0.858. The van der Waals surface area contributed by atoms with E-state index >= 15 is 0 Å². The molecule has 1 heterocycles. The number of carbonyl (C=O) groups is 2. The molecular formula is C18H23ClN4O2. The summed E-state index contributed by atoms with van der Waals surface area (Å²) >= 11 is 6.03. The first-order valence-electron chi connectivity index (χ1n) is 8.13. The number of carbonyl (C=O) groups excluding carboxylic acids is 2. The molecule has 0 atom stereocenters. The second kappa shape index (κ2) is 7.70. The van der Waals surface area contributed by atoms with Crippen LogP contribution in [-0.4, -0.2) is 33.7 Å². The van der Waals surface area contributed by atoms with Crippen LogP contribution < -0.4 is 10.6 Å². The predicted octanol–water partition coefficient (Wildman–Crippen LogP) is 2.73. The summed E-state index contributed by atoms with van der Waals surface area (Å²) in [6.45, 7) is 7.52. The highest BCUT2D eigenvalue weighted by Gasteiger charge is 2.19. The third kappa shape index (κ3) is 5.06. The molecule has 1 aromatic carbocycles. The molecule has 0 aliphatic heterocycles. The van der Waals surface area contributed by atoms with Crippen molar-refractivity contribution in [2.75, 3.05) is 6.54 Å². The van der Waals surface area contributed by atoms with E-state index in [4.69, 9.17) is 11.6 Å². The van der Waals surface area contributed by atoms with Gasteiger partial charge in [0.05, 0.1) is 29.7 Å². The van der Waals surface area contributed by atoms with Crippen LogP contribution in [0, 0.1) is 0 Å². The molecular weight excluding hydrogens is 340 g/mol. The average molecular weight is 363 g/mol. The molecule has 0 saturated heterocycles. The number of hydrogen-bond acceptors (Lipinski definition) is 3. The maximum atomic E-state index is 12.4. The van der Waals surface area contributed by atoms with E-state index in [2.05, 4.69) is 15.7 Å². The van der Waals surface area contributed by atoms with E-state index in [0.717, 1.165) is 11.4 Å². The van der Waals surface area contributed by atoms with E-state index in [1.165, 1.54) is 6.20 Å². The smallest absolute Gasteiger partial charge is 0.255 e. The van der Waals surface area contributed by atoms with Crippen LogP contribution in [0.15, 0.2) is 30.5 Å². The van der Waals surface area contributed by atoms with Crippen LogP contribution in [0.4, 0.5) is 0 Å². The second-order valence-electron chi connectivity index (χ2n) is 6.73. The molecule has 134 valence electrons. The predicted molar refractivity (Wildman–Crippen MR) is 98.2 cm³/mol. The Morgan fingerprint density at radius 2 is 2.00 bits per heavy atom. The summed E-state index contributed by atoms with van der Waals surface area (Å²) in [5.74, 6) is -0.560.